The number of hydrogen-bond donors (Lipinski definition) is 1. The Bertz CT molecular complexity index is 346. The van der Waals surface area contributed by atoms with Gasteiger partial charge in [-0.3, -0.25) is 4.99 Å². The van der Waals surface area contributed by atoms with E-state index in [2.05, 4.69) is 22.1 Å². The van der Waals surface area contributed by atoms with Crippen molar-refractivity contribution in [2.75, 3.05) is 33.3 Å². The summed E-state index contributed by atoms with van der Waals surface area (Å²) in [6.45, 7) is 6.61. The minimum atomic E-state index is 0. The lowest BCUT2D eigenvalue weighted by Gasteiger charge is -2.33. The smallest absolute Gasteiger partial charge is 0.193 e. The first-order chi connectivity index (χ1) is 11.3. The Balaban J connectivity index is 0.00000288. The Morgan fingerprint density at radius 1 is 1.08 bits per heavy atom. The van der Waals surface area contributed by atoms with Crippen LogP contribution in [-0.2, 0) is 4.74 Å². The van der Waals surface area contributed by atoms with E-state index in [0.29, 0.717) is 6.10 Å². The molecular formula is C19H38IN3O. The number of hydrogen-bond acceptors (Lipinski definition) is 2. The molecule has 0 radical (unpaired) electrons. The second-order valence-corrected chi connectivity index (χ2v) is 7.36. The number of unbranched alkanes of at least 4 members (excludes halogenated alkanes) is 2. The van der Waals surface area contributed by atoms with Crippen molar-refractivity contribution < 1.29 is 4.74 Å². The molecule has 142 valence electrons. The van der Waals surface area contributed by atoms with E-state index in [4.69, 9.17) is 4.74 Å². The van der Waals surface area contributed by atoms with E-state index in [1.54, 1.807) is 0 Å². The molecule has 4 nitrogen and oxygen atoms in total. The minimum Gasteiger partial charge on any atom is -0.378 e. The van der Waals surface area contributed by atoms with Gasteiger partial charge in [0.1, 0.15) is 0 Å². The highest BCUT2D eigenvalue weighted by Crippen LogP contribution is 2.20. The van der Waals surface area contributed by atoms with Crippen molar-refractivity contribution in [3.63, 3.8) is 0 Å². The van der Waals surface area contributed by atoms with Gasteiger partial charge >= 0.3 is 0 Å². The number of ether oxygens (including phenoxy) is 1. The van der Waals surface area contributed by atoms with Gasteiger partial charge in [0, 0.05) is 33.3 Å². The molecular weight excluding hydrogens is 413 g/mol. The van der Waals surface area contributed by atoms with Crippen molar-refractivity contribution in [3.8, 4) is 0 Å². The topological polar surface area (TPSA) is 36.9 Å². The lowest BCUT2D eigenvalue weighted by atomic mass is 9.98. The van der Waals surface area contributed by atoms with Gasteiger partial charge in [-0.2, -0.15) is 0 Å². The number of nitrogens with zero attached hydrogens (tertiary/aromatic N) is 2. The van der Waals surface area contributed by atoms with Crippen LogP contribution in [0.5, 0.6) is 0 Å². The van der Waals surface area contributed by atoms with Crippen LogP contribution in [-0.4, -0.2) is 50.3 Å². The predicted octanol–water partition coefficient (Wildman–Crippen LogP) is 4.43. The van der Waals surface area contributed by atoms with Gasteiger partial charge in [-0.1, -0.05) is 26.2 Å². The second kappa shape index (κ2) is 13.2. The summed E-state index contributed by atoms with van der Waals surface area (Å²) in [5, 5.41) is 3.54. The molecule has 0 spiro atoms. The first kappa shape index (κ1) is 22.0. The van der Waals surface area contributed by atoms with Crippen molar-refractivity contribution in [1.82, 2.24) is 10.2 Å². The Labute approximate surface area is 166 Å². The van der Waals surface area contributed by atoms with E-state index < -0.39 is 0 Å². The van der Waals surface area contributed by atoms with Crippen LogP contribution in [0.1, 0.15) is 71.1 Å². The fourth-order valence-corrected chi connectivity index (χ4v) is 3.80. The van der Waals surface area contributed by atoms with Gasteiger partial charge in [0.05, 0.1) is 6.10 Å². The van der Waals surface area contributed by atoms with Crippen molar-refractivity contribution in [2.45, 2.75) is 77.2 Å². The molecule has 1 saturated heterocycles. The molecule has 1 saturated carbocycles. The second-order valence-electron chi connectivity index (χ2n) is 7.36. The Morgan fingerprint density at radius 2 is 1.88 bits per heavy atom. The Hall–Kier alpha value is -0.0400. The molecule has 1 aliphatic carbocycles. The zero-order chi connectivity index (χ0) is 16.3. The van der Waals surface area contributed by atoms with E-state index in [0.717, 1.165) is 38.1 Å². The summed E-state index contributed by atoms with van der Waals surface area (Å²) in [7, 11) is 1.90. The minimum absolute atomic E-state index is 0. The van der Waals surface area contributed by atoms with Gasteiger partial charge < -0.3 is 15.0 Å². The molecule has 2 rings (SSSR count). The Kier molecular flexibility index (Phi) is 12.1. The summed E-state index contributed by atoms with van der Waals surface area (Å²) in [5.41, 5.74) is 0. The third-order valence-electron chi connectivity index (χ3n) is 5.18. The molecule has 0 aromatic carbocycles. The average Bonchev–Trinajstić information content (AvgIpc) is 2.58. The molecule has 2 aliphatic rings. The molecule has 1 aliphatic heterocycles. The fraction of sp³-hybridized carbons (Fsp3) is 0.947. The van der Waals surface area contributed by atoms with Crippen LogP contribution in [0.25, 0.3) is 0 Å². The fourth-order valence-electron chi connectivity index (χ4n) is 3.80. The number of nitrogens with one attached hydrogen (secondary N) is 1. The molecule has 1 unspecified atom stereocenters. The first-order valence-electron chi connectivity index (χ1n) is 9.87. The average molecular weight is 451 g/mol. The van der Waals surface area contributed by atoms with Crippen LogP contribution >= 0.6 is 24.0 Å². The maximum Gasteiger partial charge on any atom is 0.193 e. The largest absolute Gasteiger partial charge is 0.378 e. The molecule has 0 aromatic rings. The molecule has 0 amide bonds. The van der Waals surface area contributed by atoms with Crippen LogP contribution in [0.2, 0.25) is 0 Å². The molecule has 1 N–H and O–H groups in total. The maximum atomic E-state index is 5.99. The van der Waals surface area contributed by atoms with Crippen LogP contribution < -0.4 is 5.32 Å². The summed E-state index contributed by atoms with van der Waals surface area (Å²) < 4.78 is 5.99. The van der Waals surface area contributed by atoms with Gasteiger partial charge in [0.15, 0.2) is 5.96 Å². The van der Waals surface area contributed by atoms with Gasteiger partial charge in [-0.15, -0.1) is 24.0 Å². The monoisotopic (exact) mass is 451 g/mol. The zero-order valence-corrected chi connectivity index (χ0v) is 18.1. The molecule has 1 heterocycles. The quantitative estimate of drug-likeness (QED) is 0.269. The molecule has 24 heavy (non-hydrogen) atoms. The van der Waals surface area contributed by atoms with Gasteiger partial charge in [0.25, 0.3) is 0 Å². The van der Waals surface area contributed by atoms with Crippen molar-refractivity contribution in [3.05, 3.63) is 0 Å². The lowest BCUT2D eigenvalue weighted by molar-refractivity contribution is 0.0264. The zero-order valence-electron chi connectivity index (χ0n) is 15.8. The summed E-state index contributed by atoms with van der Waals surface area (Å²) in [6.07, 6.45) is 13.5. The number of piperidine rings is 1. The molecule has 0 bridgehead atoms. The van der Waals surface area contributed by atoms with Gasteiger partial charge in [-0.25, -0.2) is 0 Å². The molecule has 2 fully saturated rings. The van der Waals surface area contributed by atoms with Crippen molar-refractivity contribution >= 4 is 29.9 Å². The summed E-state index contributed by atoms with van der Waals surface area (Å²) in [4.78, 5) is 6.87. The van der Waals surface area contributed by atoms with Crippen molar-refractivity contribution in [1.29, 1.82) is 0 Å². The highest BCUT2D eigenvalue weighted by atomic mass is 127. The molecule has 0 aromatic heterocycles. The van der Waals surface area contributed by atoms with Crippen LogP contribution in [0.3, 0.4) is 0 Å². The normalized spacial score (nSPS) is 23.0. The van der Waals surface area contributed by atoms with Crippen molar-refractivity contribution in [2.24, 2.45) is 10.9 Å². The summed E-state index contributed by atoms with van der Waals surface area (Å²) in [6, 6.07) is 0. The standard InChI is InChI=1S/C19H37N3O.HI/c1-17-10-9-14-22(16-17)19(20-2)21-13-7-4-8-15-23-18-11-5-3-6-12-18;/h17-18H,3-16H2,1-2H3,(H,20,21);1H. The molecule has 1 atom stereocenters. The summed E-state index contributed by atoms with van der Waals surface area (Å²) in [5.74, 6) is 1.88. The van der Waals surface area contributed by atoms with E-state index >= 15 is 0 Å². The first-order valence-corrected chi connectivity index (χ1v) is 9.87. The number of aliphatic imine (C=N–C) groups is 1. The lowest BCUT2D eigenvalue weighted by Crippen LogP contribution is -2.46. The SMILES string of the molecule is CN=C(NCCCCCOC1CCCCC1)N1CCCC(C)C1.I. The highest BCUT2D eigenvalue weighted by Gasteiger charge is 2.18. The number of rotatable bonds is 7. The van der Waals surface area contributed by atoms with Crippen LogP contribution in [0.4, 0.5) is 0 Å². The van der Waals surface area contributed by atoms with Crippen LogP contribution in [0, 0.1) is 5.92 Å². The predicted molar refractivity (Wildman–Crippen MR) is 113 cm³/mol. The summed E-state index contributed by atoms with van der Waals surface area (Å²) >= 11 is 0. The van der Waals surface area contributed by atoms with E-state index in [9.17, 15) is 0 Å². The van der Waals surface area contributed by atoms with Gasteiger partial charge in [0.2, 0.25) is 0 Å². The number of likely N-dealkylation sites (tertiary alicyclic amines) is 1. The maximum absolute atomic E-state index is 5.99. The molecule has 5 heteroatoms. The van der Waals surface area contributed by atoms with E-state index in [-0.39, 0.29) is 24.0 Å². The highest BCUT2D eigenvalue weighted by molar-refractivity contribution is 14.0. The van der Waals surface area contributed by atoms with Crippen LogP contribution in [0.15, 0.2) is 4.99 Å². The van der Waals surface area contributed by atoms with E-state index in [1.807, 2.05) is 7.05 Å². The van der Waals surface area contributed by atoms with Gasteiger partial charge in [-0.05, 0) is 50.9 Å². The Morgan fingerprint density at radius 3 is 2.58 bits per heavy atom. The number of halogens is 1. The number of guanidine groups is 1. The third kappa shape index (κ3) is 8.37. The third-order valence-corrected chi connectivity index (χ3v) is 5.18. The van der Waals surface area contributed by atoms with E-state index in [1.165, 1.54) is 64.2 Å².